The molecule has 14 heavy (non-hydrogen) atoms. The topological polar surface area (TPSA) is 43.8 Å². The summed E-state index contributed by atoms with van der Waals surface area (Å²) in [6, 6.07) is 0.312. The predicted molar refractivity (Wildman–Crippen MR) is 57.0 cm³/mol. The van der Waals surface area contributed by atoms with Crippen LogP contribution in [0.4, 0.5) is 0 Å². The van der Waals surface area contributed by atoms with E-state index in [9.17, 15) is 0 Å². The summed E-state index contributed by atoms with van der Waals surface area (Å²) in [6.45, 7) is 0. The summed E-state index contributed by atoms with van der Waals surface area (Å²) in [5.74, 6) is 0.485. The van der Waals surface area contributed by atoms with Gasteiger partial charge < -0.3 is 10.3 Å². The Morgan fingerprint density at radius 1 is 1.36 bits per heavy atom. The van der Waals surface area contributed by atoms with Crippen molar-refractivity contribution in [3.05, 3.63) is 18.2 Å². The van der Waals surface area contributed by atoms with Crippen LogP contribution in [0.25, 0.3) is 0 Å². The maximum absolute atomic E-state index is 6.17. The molecular weight excluding hydrogens is 174 g/mol. The smallest absolute Gasteiger partial charge is 0.0946 e. The van der Waals surface area contributed by atoms with E-state index < -0.39 is 0 Å². The summed E-state index contributed by atoms with van der Waals surface area (Å²) < 4.78 is 2.01. The van der Waals surface area contributed by atoms with Gasteiger partial charge in [-0.25, -0.2) is 4.98 Å². The number of aromatic nitrogens is 2. The van der Waals surface area contributed by atoms with E-state index in [1.54, 1.807) is 0 Å². The molecule has 0 spiro atoms. The zero-order valence-electron chi connectivity index (χ0n) is 8.82. The van der Waals surface area contributed by atoms with Crippen LogP contribution in [0.15, 0.2) is 12.5 Å². The molecule has 1 aliphatic carbocycles. The van der Waals surface area contributed by atoms with Crippen molar-refractivity contribution in [3.63, 3.8) is 0 Å². The van der Waals surface area contributed by atoms with Crippen LogP contribution in [0, 0.1) is 0 Å². The summed E-state index contributed by atoms with van der Waals surface area (Å²) in [5, 5.41) is 0. The molecule has 0 aromatic carbocycles. The van der Waals surface area contributed by atoms with E-state index in [4.69, 9.17) is 5.73 Å². The van der Waals surface area contributed by atoms with E-state index in [-0.39, 0.29) is 0 Å². The van der Waals surface area contributed by atoms with Crippen LogP contribution in [0.2, 0.25) is 0 Å². The number of aryl methyl sites for hydroxylation is 1. The van der Waals surface area contributed by atoms with E-state index in [0.717, 1.165) is 6.42 Å². The van der Waals surface area contributed by atoms with E-state index in [0.29, 0.717) is 12.0 Å². The minimum atomic E-state index is 0.312. The third-order valence-corrected chi connectivity index (χ3v) is 3.17. The van der Waals surface area contributed by atoms with Gasteiger partial charge in [0.05, 0.1) is 12.0 Å². The van der Waals surface area contributed by atoms with Crippen molar-refractivity contribution in [2.75, 3.05) is 0 Å². The molecule has 0 saturated heterocycles. The lowest BCUT2D eigenvalue weighted by atomic mass is 9.93. The molecule has 2 unspecified atom stereocenters. The SMILES string of the molecule is Cn1cnc(C2CCCCCC2N)c1. The molecule has 0 radical (unpaired) electrons. The second-order valence-electron chi connectivity index (χ2n) is 4.37. The molecule has 0 bridgehead atoms. The van der Waals surface area contributed by atoms with Gasteiger partial charge in [-0.3, -0.25) is 0 Å². The molecule has 78 valence electrons. The van der Waals surface area contributed by atoms with Gasteiger partial charge in [0.25, 0.3) is 0 Å². The van der Waals surface area contributed by atoms with Crippen molar-refractivity contribution in [1.82, 2.24) is 9.55 Å². The molecule has 2 atom stereocenters. The van der Waals surface area contributed by atoms with Gasteiger partial charge in [-0.15, -0.1) is 0 Å². The number of imidazole rings is 1. The van der Waals surface area contributed by atoms with Crippen molar-refractivity contribution in [2.24, 2.45) is 12.8 Å². The normalized spacial score (nSPS) is 28.7. The van der Waals surface area contributed by atoms with Gasteiger partial charge in [0.2, 0.25) is 0 Å². The summed E-state index contributed by atoms with van der Waals surface area (Å²) in [7, 11) is 2.01. The Kier molecular flexibility index (Phi) is 2.87. The summed E-state index contributed by atoms with van der Waals surface area (Å²) in [4.78, 5) is 4.41. The van der Waals surface area contributed by atoms with Crippen LogP contribution in [-0.4, -0.2) is 15.6 Å². The van der Waals surface area contributed by atoms with Crippen LogP contribution in [0.1, 0.15) is 43.7 Å². The van der Waals surface area contributed by atoms with Crippen LogP contribution in [-0.2, 0) is 7.05 Å². The lowest BCUT2D eigenvalue weighted by Crippen LogP contribution is -2.27. The zero-order chi connectivity index (χ0) is 9.97. The van der Waals surface area contributed by atoms with Gasteiger partial charge in [0, 0.05) is 25.2 Å². The predicted octanol–water partition coefficient (Wildman–Crippen LogP) is 1.80. The fraction of sp³-hybridized carbons (Fsp3) is 0.727. The maximum Gasteiger partial charge on any atom is 0.0946 e. The van der Waals surface area contributed by atoms with Crippen LogP contribution >= 0.6 is 0 Å². The van der Waals surface area contributed by atoms with Crippen molar-refractivity contribution in [2.45, 2.75) is 44.1 Å². The van der Waals surface area contributed by atoms with E-state index in [1.807, 2.05) is 17.9 Å². The fourth-order valence-electron chi connectivity index (χ4n) is 2.33. The van der Waals surface area contributed by atoms with Crippen molar-refractivity contribution >= 4 is 0 Å². The molecule has 1 fully saturated rings. The Bertz CT molecular complexity index is 292. The number of rotatable bonds is 1. The Hall–Kier alpha value is -0.830. The Morgan fingerprint density at radius 2 is 2.14 bits per heavy atom. The largest absolute Gasteiger partial charge is 0.340 e. The highest BCUT2D eigenvalue weighted by molar-refractivity contribution is 5.08. The van der Waals surface area contributed by atoms with Gasteiger partial charge in [0.15, 0.2) is 0 Å². The molecule has 3 nitrogen and oxygen atoms in total. The number of nitrogens with two attached hydrogens (primary N) is 1. The van der Waals surface area contributed by atoms with E-state index in [2.05, 4.69) is 11.2 Å². The van der Waals surface area contributed by atoms with Crippen LogP contribution in [0.5, 0.6) is 0 Å². The van der Waals surface area contributed by atoms with E-state index in [1.165, 1.54) is 31.4 Å². The standard InChI is InChI=1S/C11H19N3/c1-14-7-11(13-8-14)9-5-3-2-4-6-10(9)12/h7-10H,2-6,12H2,1H3. The number of hydrogen-bond acceptors (Lipinski definition) is 2. The molecule has 1 aromatic rings. The molecule has 1 aromatic heterocycles. The van der Waals surface area contributed by atoms with E-state index >= 15 is 0 Å². The number of nitrogens with zero attached hydrogens (tertiary/aromatic N) is 2. The van der Waals surface area contributed by atoms with Crippen molar-refractivity contribution in [3.8, 4) is 0 Å². The number of hydrogen-bond donors (Lipinski definition) is 1. The van der Waals surface area contributed by atoms with Crippen molar-refractivity contribution in [1.29, 1.82) is 0 Å². The highest BCUT2D eigenvalue weighted by Gasteiger charge is 2.23. The monoisotopic (exact) mass is 193 g/mol. The first-order valence-corrected chi connectivity index (χ1v) is 5.51. The van der Waals surface area contributed by atoms with Gasteiger partial charge in [0.1, 0.15) is 0 Å². The quantitative estimate of drug-likeness (QED) is 0.691. The Labute approximate surface area is 85.3 Å². The van der Waals surface area contributed by atoms with Gasteiger partial charge >= 0.3 is 0 Å². The summed E-state index contributed by atoms with van der Waals surface area (Å²) in [5.41, 5.74) is 7.35. The van der Waals surface area contributed by atoms with Gasteiger partial charge in [-0.1, -0.05) is 19.3 Å². The zero-order valence-corrected chi connectivity index (χ0v) is 8.82. The molecular formula is C11H19N3. The maximum atomic E-state index is 6.17. The lowest BCUT2D eigenvalue weighted by molar-refractivity contribution is 0.496. The summed E-state index contributed by atoms with van der Waals surface area (Å²) in [6.07, 6.45) is 10.2. The van der Waals surface area contributed by atoms with Crippen LogP contribution < -0.4 is 5.73 Å². The molecule has 1 aliphatic rings. The molecule has 3 heteroatoms. The lowest BCUT2D eigenvalue weighted by Gasteiger charge is -2.18. The Balaban J connectivity index is 2.14. The first kappa shape index (κ1) is 9.71. The van der Waals surface area contributed by atoms with Crippen LogP contribution in [0.3, 0.4) is 0 Å². The highest BCUT2D eigenvalue weighted by Crippen LogP contribution is 2.29. The molecule has 2 N–H and O–H groups in total. The summed E-state index contributed by atoms with van der Waals surface area (Å²) >= 11 is 0. The average molecular weight is 193 g/mol. The molecule has 1 saturated carbocycles. The second kappa shape index (κ2) is 4.13. The third kappa shape index (κ3) is 1.98. The minimum absolute atomic E-state index is 0.312. The fourth-order valence-corrected chi connectivity index (χ4v) is 2.33. The molecule has 0 amide bonds. The first-order chi connectivity index (χ1) is 6.77. The highest BCUT2D eigenvalue weighted by atomic mass is 15.0. The van der Waals surface area contributed by atoms with Gasteiger partial charge in [-0.05, 0) is 12.8 Å². The second-order valence-corrected chi connectivity index (χ2v) is 4.37. The average Bonchev–Trinajstić information content (AvgIpc) is 2.46. The van der Waals surface area contributed by atoms with Crippen molar-refractivity contribution < 1.29 is 0 Å². The molecule has 0 aliphatic heterocycles. The third-order valence-electron chi connectivity index (χ3n) is 3.17. The molecule has 1 heterocycles. The van der Waals surface area contributed by atoms with Gasteiger partial charge in [-0.2, -0.15) is 0 Å². The minimum Gasteiger partial charge on any atom is -0.340 e. The molecule has 2 rings (SSSR count). The first-order valence-electron chi connectivity index (χ1n) is 5.51. The Morgan fingerprint density at radius 3 is 2.86 bits per heavy atom.